The van der Waals surface area contributed by atoms with Crippen molar-refractivity contribution >= 4 is 29.0 Å². The Kier molecular flexibility index (Phi) is 3.45. The lowest BCUT2D eigenvalue weighted by Crippen LogP contribution is -2.58. The highest BCUT2D eigenvalue weighted by Crippen LogP contribution is 2.43. The van der Waals surface area contributed by atoms with Gasteiger partial charge in [0.15, 0.2) is 0 Å². The first-order valence-corrected chi connectivity index (χ1v) is 7.08. The number of fused-ring (bicyclic) bond motifs is 1. The van der Waals surface area contributed by atoms with Crippen molar-refractivity contribution in [2.75, 3.05) is 0 Å². The number of rotatable bonds is 4. The molecule has 18 heavy (non-hydrogen) atoms. The molecular formula is C13H20N2O2S. The fraction of sp³-hybridized carbons (Fsp3) is 0.769. The third-order valence-corrected chi connectivity index (χ3v) is 5.03. The summed E-state index contributed by atoms with van der Waals surface area (Å²) in [5.41, 5.74) is 5.08. The van der Waals surface area contributed by atoms with Crippen LogP contribution in [-0.2, 0) is 9.59 Å². The van der Waals surface area contributed by atoms with E-state index >= 15 is 0 Å². The van der Waals surface area contributed by atoms with E-state index in [-0.39, 0.29) is 28.6 Å². The minimum absolute atomic E-state index is 0.0565. The van der Waals surface area contributed by atoms with Gasteiger partial charge in [-0.2, -0.15) is 0 Å². The molecule has 0 aromatic rings. The Bertz CT molecular complexity index is 382. The fourth-order valence-electron chi connectivity index (χ4n) is 3.44. The van der Waals surface area contributed by atoms with Crippen LogP contribution in [0.25, 0.3) is 0 Å². The second kappa shape index (κ2) is 4.61. The lowest BCUT2D eigenvalue weighted by Gasteiger charge is -2.39. The molecule has 100 valence electrons. The van der Waals surface area contributed by atoms with E-state index in [4.69, 9.17) is 18.0 Å². The zero-order chi connectivity index (χ0) is 13.5. The molecule has 2 atom stereocenters. The van der Waals surface area contributed by atoms with Crippen molar-refractivity contribution in [2.24, 2.45) is 17.6 Å². The van der Waals surface area contributed by atoms with Crippen molar-refractivity contribution in [2.45, 2.75) is 51.5 Å². The molecule has 2 N–H and O–H groups in total. The molecule has 0 radical (unpaired) electrons. The Morgan fingerprint density at radius 3 is 2.06 bits per heavy atom. The van der Waals surface area contributed by atoms with Gasteiger partial charge in [0.2, 0.25) is 11.8 Å². The number of hydrogen-bond donors (Lipinski definition) is 1. The quantitative estimate of drug-likeness (QED) is 0.621. The molecule has 4 nitrogen and oxygen atoms in total. The number of thiocarbonyl (C=S) groups is 1. The summed E-state index contributed by atoms with van der Waals surface area (Å²) < 4.78 is 0. The maximum absolute atomic E-state index is 12.5. The molecule has 2 aliphatic rings. The molecule has 0 spiro atoms. The molecule has 2 unspecified atom stereocenters. The molecule has 1 aliphatic carbocycles. The van der Waals surface area contributed by atoms with Crippen molar-refractivity contribution < 1.29 is 9.59 Å². The zero-order valence-corrected chi connectivity index (χ0v) is 11.8. The van der Waals surface area contributed by atoms with E-state index in [1.807, 2.05) is 13.8 Å². The van der Waals surface area contributed by atoms with Crippen molar-refractivity contribution in [3.8, 4) is 0 Å². The van der Waals surface area contributed by atoms with E-state index < -0.39 is 5.54 Å². The van der Waals surface area contributed by atoms with E-state index in [9.17, 15) is 9.59 Å². The maximum atomic E-state index is 12.5. The van der Waals surface area contributed by atoms with Crippen LogP contribution in [0.5, 0.6) is 0 Å². The highest BCUT2D eigenvalue weighted by molar-refractivity contribution is 7.80. The van der Waals surface area contributed by atoms with Gasteiger partial charge < -0.3 is 5.73 Å². The summed E-state index contributed by atoms with van der Waals surface area (Å²) >= 11 is 5.13. The second-order valence-electron chi connectivity index (χ2n) is 5.26. The third kappa shape index (κ3) is 1.60. The predicted molar refractivity (Wildman–Crippen MR) is 72.8 cm³/mol. The number of imide groups is 1. The van der Waals surface area contributed by atoms with Gasteiger partial charge in [-0.1, -0.05) is 32.5 Å². The van der Waals surface area contributed by atoms with Crippen LogP contribution in [0.1, 0.15) is 46.0 Å². The summed E-state index contributed by atoms with van der Waals surface area (Å²) in [4.78, 5) is 26.6. The third-order valence-electron chi connectivity index (χ3n) is 4.65. The van der Waals surface area contributed by atoms with Gasteiger partial charge in [0, 0.05) is 0 Å². The smallest absolute Gasteiger partial charge is 0.233 e. The Balaban J connectivity index is 2.41. The normalized spacial score (nSPS) is 27.8. The van der Waals surface area contributed by atoms with E-state index in [1.165, 1.54) is 4.90 Å². The fourth-order valence-corrected chi connectivity index (χ4v) is 3.82. The highest BCUT2D eigenvalue weighted by atomic mass is 32.1. The van der Waals surface area contributed by atoms with Gasteiger partial charge in [0.25, 0.3) is 0 Å². The first-order valence-electron chi connectivity index (χ1n) is 6.67. The summed E-state index contributed by atoms with van der Waals surface area (Å²) in [6.45, 7) is 3.86. The molecule has 1 saturated heterocycles. The van der Waals surface area contributed by atoms with Gasteiger partial charge in [-0.25, -0.2) is 0 Å². The number of nitrogens with two attached hydrogens (primary N) is 1. The standard InChI is InChI=1S/C13H20N2O2S/c1-3-13(4-2,12(14)18)15-10(16)8-6-5-7-9(8)11(15)17/h8-9H,3-7H2,1-2H3,(H2,14,18). The molecule has 0 aromatic heterocycles. The van der Waals surface area contributed by atoms with Crippen LogP contribution >= 0.6 is 12.2 Å². The Labute approximate surface area is 113 Å². The zero-order valence-electron chi connectivity index (χ0n) is 10.9. The topological polar surface area (TPSA) is 63.4 Å². The Morgan fingerprint density at radius 2 is 1.72 bits per heavy atom. The molecule has 2 amide bonds. The number of carbonyl (C=O) groups excluding carboxylic acids is 2. The molecule has 0 aromatic carbocycles. The summed E-state index contributed by atoms with van der Waals surface area (Å²) in [7, 11) is 0. The molecule has 0 bridgehead atoms. The molecule has 1 aliphatic heterocycles. The monoisotopic (exact) mass is 268 g/mol. The number of carbonyl (C=O) groups is 2. The number of hydrogen-bond acceptors (Lipinski definition) is 3. The average molecular weight is 268 g/mol. The Hall–Kier alpha value is -0.970. The van der Waals surface area contributed by atoms with Gasteiger partial charge in [-0.3, -0.25) is 14.5 Å². The van der Waals surface area contributed by atoms with Crippen LogP contribution in [0.3, 0.4) is 0 Å². The van der Waals surface area contributed by atoms with Crippen molar-refractivity contribution in [1.29, 1.82) is 0 Å². The minimum atomic E-state index is -0.756. The van der Waals surface area contributed by atoms with E-state index in [2.05, 4.69) is 0 Å². The number of likely N-dealkylation sites (tertiary alicyclic amines) is 1. The first-order chi connectivity index (χ1) is 8.49. The Morgan fingerprint density at radius 1 is 1.28 bits per heavy atom. The van der Waals surface area contributed by atoms with Gasteiger partial charge >= 0.3 is 0 Å². The van der Waals surface area contributed by atoms with Crippen LogP contribution in [0.4, 0.5) is 0 Å². The van der Waals surface area contributed by atoms with E-state index in [0.717, 1.165) is 19.3 Å². The van der Waals surface area contributed by atoms with Crippen LogP contribution in [0.2, 0.25) is 0 Å². The highest BCUT2D eigenvalue weighted by Gasteiger charge is 2.56. The average Bonchev–Trinajstić information content (AvgIpc) is 2.90. The van der Waals surface area contributed by atoms with Crippen LogP contribution in [0, 0.1) is 11.8 Å². The largest absolute Gasteiger partial charge is 0.391 e. The summed E-state index contributed by atoms with van der Waals surface area (Å²) in [5, 5.41) is 0. The summed E-state index contributed by atoms with van der Waals surface area (Å²) in [6, 6.07) is 0. The molecule has 5 heteroatoms. The SMILES string of the molecule is CCC(CC)(C(N)=S)N1C(=O)C2CCCC2C1=O. The molecule has 1 saturated carbocycles. The van der Waals surface area contributed by atoms with Crippen molar-refractivity contribution in [1.82, 2.24) is 4.90 Å². The molecular weight excluding hydrogens is 248 g/mol. The van der Waals surface area contributed by atoms with Crippen LogP contribution < -0.4 is 5.73 Å². The predicted octanol–water partition coefficient (Wildman–Crippen LogP) is 1.62. The lowest BCUT2D eigenvalue weighted by atomic mass is 9.90. The molecule has 1 heterocycles. The molecule has 2 fully saturated rings. The first kappa shape index (κ1) is 13.5. The second-order valence-corrected chi connectivity index (χ2v) is 5.70. The lowest BCUT2D eigenvalue weighted by molar-refractivity contribution is -0.145. The molecule has 2 rings (SSSR count). The van der Waals surface area contributed by atoms with Gasteiger partial charge in [-0.15, -0.1) is 0 Å². The van der Waals surface area contributed by atoms with Crippen LogP contribution in [-0.4, -0.2) is 27.2 Å². The summed E-state index contributed by atoms with van der Waals surface area (Å²) in [6.07, 6.45) is 3.81. The number of nitrogens with zero attached hydrogens (tertiary/aromatic N) is 1. The van der Waals surface area contributed by atoms with E-state index in [0.29, 0.717) is 12.8 Å². The number of amides is 2. The van der Waals surface area contributed by atoms with E-state index in [1.54, 1.807) is 0 Å². The summed E-state index contributed by atoms with van der Waals surface area (Å²) in [5.74, 6) is -0.355. The maximum Gasteiger partial charge on any atom is 0.233 e. The van der Waals surface area contributed by atoms with Gasteiger partial charge in [-0.05, 0) is 25.7 Å². The van der Waals surface area contributed by atoms with Crippen molar-refractivity contribution in [3.63, 3.8) is 0 Å². The minimum Gasteiger partial charge on any atom is -0.391 e. The van der Waals surface area contributed by atoms with Crippen LogP contribution in [0.15, 0.2) is 0 Å². The van der Waals surface area contributed by atoms with Gasteiger partial charge in [0.05, 0.1) is 22.4 Å². The van der Waals surface area contributed by atoms with Gasteiger partial charge in [0.1, 0.15) is 0 Å². The van der Waals surface area contributed by atoms with Crippen molar-refractivity contribution in [3.05, 3.63) is 0 Å².